The number of aryl methyl sites for hydroxylation is 1. The SMILES string of the molecule is [2H]C([2H])([2H])n1c(=O)c2[nH]c(Cl)nc2n(C([2H])([2H])[2H])c1=O. The summed E-state index contributed by atoms with van der Waals surface area (Å²) in [6.07, 6.45) is 0. The topological polar surface area (TPSA) is 72.7 Å². The Kier molecular flexibility index (Phi) is 0.835. The predicted octanol–water partition coefficient (Wildman–Crippen LogP) is -0.386. The van der Waals surface area contributed by atoms with Gasteiger partial charge in [0, 0.05) is 22.2 Å². The number of rotatable bonds is 0. The predicted molar refractivity (Wildman–Crippen MR) is 51.6 cm³/mol. The summed E-state index contributed by atoms with van der Waals surface area (Å²) in [5.74, 6) is 0. The monoisotopic (exact) mass is 220 g/mol. The van der Waals surface area contributed by atoms with E-state index in [0.29, 0.717) is 0 Å². The molecule has 6 nitrogen and oxygen atoms in total. The summed E-state index contributed by atoms with van der Waals surface area (Å²) in [4.78, 5) is 29.8. The summed E-state index contributed by atoms with van der Waals surface area (Å²) in [5.41, 5.74) is -3.72. The minimum Gasteiger partial charge on any atom is -0.323 e. The Balaban J connectivity index is 3.14. The first kappa shape index (κ1) is 4.31. The molecule has 0 amide bonds. The fourth-order valence-corrected chi connectivity index (χ4v) is 1.21. The van der Waals surface area contributed by atoms with Gasteiger partial charge in [-0.2, -0.15) is 4.98 Å². The van der Waals surface area contributed by atoms with Gasteiger partial charge < -0.3 is 4.98 Å². The Labute approximate surface area is 91.2 Å². The third kappa shape index (κ3) is 1.00. The van der Waals surface area contributed by atoms with E-state index in [1.807, 2.05) is 0 Å². The number of H-pyrrole nitrogens is 1. The molecule has 14 heavy (non-hydrogen) atoms. The van der Waals surface area contributed by atoms with Crippen molar-refractivity contribution in [2.75, 3.05) is 0 Å². The van der Waals surface area contributed by atoms with E-state index in [1.54, 1.807) is 0 Å². The van der Waals surface area contributed by atoms with Crippen LogP contribution in [-0.2, 0) is 14.0 Å². The minimum atomic E-state index is -3.13. The lowest BCUT2D eigenvalue weighted by molar-refractivity contribution is 0.709. The van der Waals surface area contributed by atoms with Crippen LogP contribution in [0.4, 0.5) is 0 Å². The molecular weight excluding hydrogens is 208 g/mol. The van der Waals surface area contributed by atoms with Crippen LogP contribution in [0.3, 0.4) is 0 Å². The summed E-state index contributed by atoms with van der Waals surface area (Å²) in [6.45, 7) is -6.15. The average Bonchev–Trinajstić information content (AvgIpc) is 2.55. The molecule has 2 aromatic heterocycles. The lowest BCUT2D eigenvalue weighted by Crippen LogP contribution is -2.36. The van der Waals surface area contributed by atoms with Crippen LogP contribution in [0, 0.1) is 0 Å². The van der Waals surface area contributed by atoms with Crippen LogP contribution in [0.2, 0.25) is 5.28 Å². The van der Waals surface area contributed by atoms with Crippen molar-refractivity contribution in [2.45, 2.75) is 0 Å². The zero-order valence-electron chi connectivity index (χ0n) is 12.5. The summed E-state index contributed by atoms with van der Waals surface area (Å²) < 4.78 is 43.3. The van der Waals surface area contributed by atoms with Gasteiger partial charge in [0.05, 0.1) is 0 Å². The maximum atomic E-state index is 12.0. The largest absolute Gasteiger partial charge is 0.332 e. The average molecular weight is 221 g/mol. The Bertz CT molecular complexity index is 797. The van der Waals surface area contributed by atoms with Gasteiger partial charge in [-0.3, -0.25) is 13.9 Å². The number of imidazole rings is 1. The van der Waals surface area contributed by atoms with Gasteiger partial charge in [0.1, 0.15) is 0 Å². The third-order valence-corrected chi connectivity index (χ3v) is 1.85. The first-order valence-electron chi connectivity index (χ1n) is 6.39. The van der Waals surface area contributed by atoms with Crippen LogP contribution in [0.25, 0.3) is 11.2 Å². The summed E-state index contributed by atoms with van der Waals surface area (Å²) in [7, 11) is 0. The molecule has 0 aromatic carbocycles. The molecule has 0 spiro atoms. The van der Waals surface area contributed by atoms with E-state index in [0.717, 1.165) is 0 Å². The van der Waals surface area contributed by atoms with Gasteiger partial charge in [0.15, 0.2) is 11.2 Å². The number of halogens is 1. The van der Waals surface area contributed by atoms with E-state index < -0.39 is 36.4 Å². The van der Waals surface area contributed by atoms with Crippen LogP contribution in [-0.4, -0.2) is 19.1 Å². The third-order valence-electron chi connectivity index (χ3n) is 1.67. The van der Waals surface area contributed by atoms with Gasteiger partial charge in [-0.05, 0) is 11.6 Å². The van der Waals surface area contributed by atoms with Crippen LogP contribution >= 0.6 is 11.6 Å². The molecule has 0 saturated heterocycles. The van der Waals surface area contributed by atoms with Gasteiger partial charge in [-0.15, -0.1) is 0 Å². The summed E-state index contributed by atoms with van der Waals surface area (Å²) >= 11 is 5.54. The minimum absolute atomic E-state index is 0.129. The highest BCUT2D eigenvalue weighted by atomic mass is 35.5. The van der Waals surface area contributed by atoms with Crippen LogP contribution < -0.4 is 11.2 Å². The van der Waals surface area contributed by atoms with Gasteiger partial charge in [0.2, 0.25) is 5.28 Å². The fraction of sp³-hybridized carbons (Fsp3) is 0.286. The van der Waals surface area contributed by atoms with Crippen LogP contribution in [0.1, 0.15) is 8.22 Å². The molecule has 74 valence electrons. The van der Waals surface area contributed by atoms with Gasteiger partial charge in [-0.25, -0.2) is 4.79 Å². The highest BCUT2D eigenvalue weighted by molar-refractivity contribution is 6.28. The first-order valence-corrected chi connectivity index (χ1v) is 3.76. The van der Waals surface area contributed by atoms with Crippen molar-refractivity contribution in [2.24, 2.45) is 14.0 Å². The van der Waals surface area contributed by atoms with Crippen molar-refractivity contribution in [1.82, 2.24) is 19.1 Å². The second-order valence-corrected chi connectivity index (χ2v) is 2.84. The van der Waals surface area contributed by atoms with Crippen molar-refractivity contribution in [1.29, 1.82) is 0 Å². The summed E-state index contributed by atoms with van der Waals surface area (Å²) in [6, 6.07) is 0. The zero-order valence-corrected chi connectivity index (χ0v) is 7.29. The van der Waals surface area contributed by atoms with Crippen molar-refractivity contribution >= 4 is 22.8 Å². The Hall–Kier alpha value is -1.56. The van der Waals surface area contributed by atoms with E-state index in [1.165, 1.54) is 0 Å². The Morgan fingerprint density at radius 1 is 1.43 bits per heavy atom. The standard InChI is InChI=1S/C7H7ClN4O2/c1-11-4-3(9-6(8)10-4)5(13)12(2)7(11)14/h1-2H3,(H,9,10)/i1D3,2D3. The van der Waals surface area contributed by atoms with Crippen LogP contribution in [0.15, 0.2) is 9.59 Å². The molecule has 0 fully saturated rings. The molecule has 2 aromatic rings. The van der Waals surface area contributed by atoms with Crippen molar-refractivity contribution in [3.8, 4) is 0 Å². The zero-order chi connectivity index (χ0) is 15.5. The van der Waals surface area contributed by atoms with Crippen molar-refractivity contribution in [3.05, 3.63) is 26.1 Å². The normalized spacial score (nSPS) is 19.2. The van der Waals surface area contributed by atoms with Crippen LogP contribution in [0.5, 0.6) is 0 Å². The number of hydrogen-bond donors (Lipinski definition) is 1. The Morgan fingerprint density at radius 3 is 2.79 bits per heavy atom. The number of fused-ring (bicyclic) bond motifs is 1. The second kappa shape index (κ2) is 2.71. The van der Waals surface area contributed by atoms with E-state index in [2.05, 4.69) is 9.97 Å². The van der Waals surface area contributed by atoms with E-state index >= 15 is 0 Å². The molecule has 2 rings (SSSR count). The second-order valence-electron chi connectivity index (χ2n) is 2.48. The highest BCUT2D eigenvalue weighted by Gasteiger charge is 2.11. The lowest BCUT2D eigenvalue weighted by atomic mass is 10.5. The molecule has 1 N–H and O–H groups in total. The fourth-order valence-electron chi connectivity index (χ4n) is 1.04. The van der Waals surface area contributed by atoms with Gasteiger partial charge in [0.25, 0.3) is 5.56 Å². The molecule has 2 heterocycles. The maximum Gasteiger partial charge on any atom is 0.332 e. The molecule has 7 heteroatoms. The van der Waals surface area contributed by atoms with E-state index in [-0.39, 0.29) is 14.4 Å². The van der Waals surface area contributed by atoms with E-state index in [4.69, 9.17) is 19.8 Å². The van der Waals surface area contributed by atoms with E-state index in [9.17, 15) is 9.59 Å². The number of nitrogens with zero attached hydrogens (tertiary/aromatic N) is 3. The number of nitrogens with one attached hydrogen (secondary N) is 1. The van der Waals surface area contributed by atoms with Crippen molar-refractivity contribution in [3.63, 3.8) is 0 Å². The first-order chi connectivity index (χ1) is 8.94. The molecular formula is C7H7ClN4O2. The Morgan fingerprint density at radius 2 is 2.14 bits per heavy atom. The molecule has 0 radical (unpaired) electrons. The summed E-state index contributed by atoms with van der Waals surface area (Å²) in [5, 5.41) is -0.335. The molecule has 0 bridgehead atoms. The molecule has 0 aliphatic carbocycles. The molecule has 0 atom stereocenters. The highest BCUT2D eigenvalue weighted by Crippen LogP contribution is 2.07. The molecule has 0 aliphatic rings. The molecule has 0 aliphatic heterocycles. The number of hydrogen-bond acceptors (Lipinski definition) is 3. The lowest BCUT2D eigenvalue weighted by Gasteiger charge is -2.00. The van der Waals surface area contributed by atoms with Gasteiger partial charge in [-0.1, -0.05) is 0 Å². The maximum absolute atomic E-state index is 12.0. The number of aromatic amines is 1. The van der Waals surface area contributed by atoms with Crippen molar-refractivity contribution < 1.29 is 8.22 Å². The number of aromatic nitrogens is 4. The van der Waals surface area contributed by atoms with Gasteiger partial charge >= 0.3 is 5.69 Å². The molecule has 0 unspecified atom stereocenters. The molecule has 0 saturated carbocycles. The smallest absolute Gasteiger partial charge is 0.323 e. The quantitative estimate of drug-likeness (QED) is 0.615.